The van der Waals surface area contributed by atoms with Gasteiger partial charge in [-0.3, -0.25) is 4.68 Å². The summed E-state index contributed by atoms with van der Waals surface area (Å²) in [6.45, 7) is 1.32. The van der Waals surface area contributed by atoms with Crippen molar-refractivity contribution in [3.63, 3.8) is 0 Å². The third kappa shape index (κ3) is 1.97. The van der Waals surface area contributed by atoms with Gasteiger partial charge in [0.2, 0.25) is 0 Å². The lowest BCUT2D eigenvalue weighted by Gasteiger charge is -2.01. The molecule has 0 aliphatic carbocycles. The molecule has 0 spiro atoms. The molecule has 2 N–H and O–H groups in total. The topological polar surface area (TPSA) is 43.8 Å². The first-order chi connectivity index (χ1) is 6.79. The highest BCUT2D eigenvalue weighted by Crippen LogP contribution is 2.17. The lowest BCUT2D eigenvalue weighted by molar-refractivity contribution is 0.684. The standard InChI is InChI=1S/C9H10ClN3S/c10-8-4-12-13(6-8)5-7-1-2-14-9(7)3-11/h1-2,4,6H,3,5,11H2. The summed E-state index contributed by atoms with van der Waals surface area (Å²) in [4.78, 5) is 1.21. The molecule has 2 aromatic heterocycles. The summed E-state index contributed by atoms with van der Waals surface area (Å²) in [7, 11) is 0. The normalized spacial score (nSPS) is 10.7. The van der Waals surface area contributed by atoms with Crippen LogP contribution in [0, 0.1) is 0 Å². The van der Waals surface area contributed by atoms with Crippen LogP contribution in [0.4, 0.5) is 0 Å². The number of aromatic nitrogens is 2. The number of rotatable bonds is 3. The zero-order valence-corrected chi connectivity index (χ0v) is 9.05. The first-order valence-electron chi connectivity index (χ1n) is 4.23. The predicted octanol–water partition coefficient (Wildman–Crippen LogP) is 2.10. The lowest BCUT2D eigenvalue weighted by Crippen LogP contribution is -2.03. The molecule has 0 amide bonds. The fourth-order valence-corrected chi connectivity index (χ4v) is 2.22. The Labute approximate surface area is 91.1 Å². The van der Waals surface area contributed by atoms with Gasteiger partial charge < -0.3 is 5.73 Å². The molecule has 2 aromatic rings. The molecule has 3 nitrogen and oxygen atoms in total. The van der Waals surface area contributed by atoms with Crippen LogP contribution in [0.15, 0.2) is 23.8 Å². The van der Waals surface area contributed by atoms with E-state index in [1.807, 2.05) is 10.1 Å². The summed E-state index contributed by atoms with van der Waals surface area (Å²) >= 11 is 7.45. The van der Waals surface area contributed by atoms with Gasteiger partial charge in [0, 0.05) is 17.6 Å². The summed E-state index contributed by atoms with van der Waals surface area (Å²) in [5.74, 6) is 0. The lowest BCUT2D eigenvalue weighted by atomic mass is 10.2. The highest BCUT2D eigenvalue weighted by Gasteiger charge is 2.03. The predicted molar refractivity (Wildman–Crippen MR) is 58.5 cm³/mol. The maximum absolute atomic E-state index is 5.77. The van der Waals surface area contributed by atoms with Crippen LogP contribution < -0.4 is 5.73 Å². The number of hydrogen-bond donors (Lipinski definition) is 1. The minimum atomic E-state index is 0.585. The van der Waals surface area contributed by atoms with E-state index in [4.69, 9.17) is 17.3 Å². The summed E-state index contributed by atoms with van der Waals surface area (Å²) in [6.07, 6.45) is 3.44. The monoisotopic (exact) mass is 227 g/mol. The number of nitrogens with zero attached hydrogens (tertiary/aromatic N) is 2. The molecule has 0 fully saturated rings. The van der Waals surface area contributed by atoms with Gasteiger partial charge >= 0.3 is 0 Å². The van der Waals surface area contributed by atoms with Gasteiger partial charge in [-0.2, -0.15) is 5.10 Å². The van der Waals surface area contributed by atoms with Crippen LogP contribution in [0.1, 0.15) is 10.4 Å². The van der Waals surface area contributed by atoms with Gasteiger partial charge in [-0.25, -0.2) is 0 Å². The average Bonchev–Trinajstić information content (AvgIpc) is 2.76. The van der Waals surface area contributed by atoms with Crippen LogP contribution >= 0.6 is 22.9 Å². The van der Waals surface area contributed by atoms with Crippen LogP contribution in [0.3, 0.4) is 0 Å². The number of hydrogen-bond acceptors (Lipinski definition) is 3. The van der Waals surface area contributed by atoms with E-state index in [-0.39, 0.29) is 0 Å². The smallest absolute Gasteiger partial charge is 0.0785 e. The van der Waals surface area contributed by atoms with Crippen molar-refractivity contribution in [2.24, 2.45) is 5.73 Å². The second kappa shape index (κ2) is 4.13. The zero-order valence-electron chi connectivity index (χ0n) is 7.48. The maximum Gasteiger partial charge on any atom is 0.0785 e. The SMILES string of the molecule is NCc1sccc1Cn1cc(Cl)cn1. The Bertz CT molecular complexity index is 421. The summed E-state index contributed by atoms with van der Waals surface area (Å²) in [5, 5.41) is 6.82. The molecular formula is C9H10ClN3S. The molecule has 0 unspecified atom stereocenters. The third-order valence-electron chi connectivity index (χ3n) is 1.96. The van der Waals surface area contributed by atoms with E-state index < -0.39 is 0 Å². The molecule has 0 aromatic carbocycles. The molecule has 2 rings (SSSR count). The van der Waals surface area contributed by atoms with E-state index in [1.54, 1.807) is 23.7 Å². The zero-order chi connectivity index (χ0) is 9.97. The van der Waals surface area contributed by atoms with Gasteiger partial charge in [-0.05, 0) is 17.0 Å². The first-order valence-corrected chi connectivity index (χ1v) is 5.48. The van der Waals surface area contributed by atoms with Gasteiger partial charge in [0.05, 0.1) is 17.8 Å². The van der Waals surface area contributed by atoms with E-state index in [2.05, 4.69) is 11.2 Å². The van der Waals surface area contributed by atoms with Crippen LogP contribution in [0.2, 0.25) is 5.02 Å². The van der Waals surface area contributed by atoms with Crippen molar-refractivity contribution >= 4 is 22.9 Å². The molecule has 0 aliphatic heterocycles. The molecule has 5 heteroatoms. The molecular weight excluding hydrogens is 218 g/mol. The van der Waals surface area contributed by atoms with Crippen molar-refractivity contribution < 1.29 is 0 Å². The minimum absolute atomic E-state index is 0.585. The molecule has 74 valence electrons. The quantitative estimate of drug-likeness (QED) is 0.873. The Morgan fingerprint density at radius 3 is 3.07 bits per heavy atom. The van der Waals surface area contributed by atoms with Gasteiger partial charge in [0.1, 0.15) is 0 Å². The Hall–Kier alpha value is -0.840. The van der Waals surface area contributed by atoms with Crippen molar-refractivity contribution in [2.45, 2.75) is 13.1 Å². The second-order valence-electron chi connectivity index (χ2n) is 2.93. The van der Waals surface area contributed by atoms with Gasteiger partial charge in [-0.15, -0.1) is 11.3 Å². The highest BCUT2D eigenvalue weighted by atomic mass is 35.5. The number of thiophene rings is 1. The minimum Gasteiger partial charge on any atom is -0.326 e. The molecule has 0 radical (unpaired) electrons. The number of nitrogens with two attached hydrogens (primary N) is 1. The third-order valence-corrected chi connectivity index (χ3v) is 3.14. The van der Waals surface area contributed by atoms with Gasteiger partial charge in [0.25, 0.3) is 0 Å². The largest absolute Gasteiger partial charge is 0.326 e. The Morgan fingerprint density at radius 2 is 2.43 bits per heavy atom. The van der Waals surface area contributed by atoms with Gasteiger partial charge in [-0.1, -0.05) is 11.6 Å². The molecule has 0 saturated heterocycles. The second-order valence-corrected chi connectivity index (χ2v) is 4.37. The average molecular weight is 228 g/mol. The molecule has 0 saturated carbocycles. The van der Waals surface area contributed by atoms with E-state index in [0.29, 0.717) is 11.6 Å². The Balaban J connectivity index is 2.18. The molecule has 0 bridgehead atoms. The molecule has 2 heterocycles. The summed E-state index contributed by atoms with van der Waals surface area (Å²) in [5.41, 5.74) is 6.83. The summed E-state index contributed by atoms with van der Waals surface area (Å²) in [6, 6.07) is 2.07. The Kier molecular flexibility index (Phi) is 2.86. The van der Waals surface area contributed by atoms with E-state index in [0.717, 1.165) is 6.54 Å². The molecule has 14 heavy (non-hydrogen) atoms. The van der Waals surface area contributed by atoms with Crippen LogP contribution in [-0.2, 0) is 13.1 Å². The van der Waals surface area contributed by atoms with E-state index in [9.17, 15) is 0 Å². The van der Waals surface area contributed by atoms with Crippen molar-refractivity contribution in [3.05, 3.63) is 39.3 Å². The van der Waals surface area contributed by atoms with Crippen molar-refractivity contribution in [1.29, 1.82) is 0 Å². The molecule has 0 aliphatic rings. The van der Waals surface area contributed by atoms with Crippen LogP contribution in [0.5, 0.6) is 0 Å². The van der Waals surface area contributed by atoms with Crippen molar-refractivity contribution in [1.82, 2.24) is 9.78 Å². The van der Waals surface area contributed by atoms with E-state index in [1.165, 1.54) is 10.4 Å². The van der Waals surface area contributed by atoms with Crippen LogP contribution in [-0.4, -0.2) is 9.78 Å². The fraction of sp³-hybridized carbons (Fsp3) is 0.222. The van der Waals surface area contributed by atoms with Crippen molar-refractivity contribution in [2.75, 3.05) is 0 Å². The van der Waals surface area contributed by atoms with Crippen LogP contribution in [0.25, 0.3) is 0 Å². The molecule has 0 atom stereocenters. The summed E-state index contributed by atoms with van der Waals surface area (Å²) < 4.78 is 1.81. The van der Waals surface area contributed by atoms with Gasteiger partial charge in [0.15, 0.2) is 0 Å². The maximum atomic E-state index is 5.77. The fourth-order valence-electron chi connectivity index (χ4n) is 1.29. The first kappa shape index (κ1) is 9.71. The van der Waals surface area contributed by atoms with E-state index >= 15 is 0 Å². The number of halogens is 1. The highest BCUT2D eigenvalue weighted by molar-refractivity contribution is 7.10. The Morgan fingerprint density at radius 1 is 1.57 bits per heavy atom. The van der Waals surface area contributed by atoms with Crippen molar-refractivity contribution in [3.8, 4) is 0 Å².